The van der Waals surface area contributed by atoms with Crippen molar-refractivity contribution in [1.82, 2.24) is 5.32 Å². The highest BCUT2D eigenvalue weighted by molar-refractivity contribution is 7.92. The number of sulfonamides is 1. The van der Waals surface area contributed by atoms with Crippen LogP contribution in [0.5, 0.6) is 0 Å². The quantitative estimate of drug-likeness (QED) is 0.771. The number of carbonyl (C=O) groups is 1. The fourth-order valence-electron chi connectivity index (χ4n) is 2.15. The zero-order chi connectivity index (χ0) is 16.8. The van der Waals surface area contributed by atoms with Gasteiger partial charge in [0.1, 0.15) is 0 Å². The van der Waals surface area contributed by atoms with Gasteiger partial charge < -0.3 is 5.32 Å². The Hall–Kier alpha value is -1.56. The van der Waals surface area contributed by atoms with Crippen molar-refractivity contribution in [3.63, 3.8) is 0 Å². The van der Waals surface area contributed by atoms with Gasteiger partial charge in [-0.2, -0.15) is 0 Å². The normalized spacial score (nSPS) is 13.0. The Morgan fingerprint density at radius 1 is 1.18 bits per heavy atom. The summed E-state index contributed by atoms with van der Waals surface area (Å²) in [5.74, 6) is 0.482. The smallest absolute Gasteiger partial charge is 0.251 e. The number of hydrogen-bond acceptors (Lipinski definition) is 3. The standard InChI is InChI=1S/C16H26N2O3S/c1-12(2)7-5-8-13(3)17-16(19)14-9-6-10-15(11-14)18-22(4,20)21/h6,9-13,18H,5,7-8H2,1-4H3,(H,17,19)/t13-/m1/s1. The molecule has 0 spiro atoms. The van der Waals surface area contributed by atoms with E-state index >= 15 is 0 Å². The molecule has 0 aromatic heterocycles. The summed E-state index contributed by atoms with van der Waals surface area (Å²) < 4.78 is 24.8. The molecule has 5 nitrogen and oxygen atoms in total. The molecule has 0 aliphatic rings. The van der Waals surface area contributed by atoms with Crippen LogP contribution in [-0.2, 0) is 10.0 Å². The van der Waals surface area contributed by atoms with Crippen LogP contribution in [0.1, 0.15) is 50.4 Å². The SMILES string of the molecule is CC(C)CCC[C@@H](C)NC(=O)c1cccc(NS(C)(=O)=O)c1. The molecule has 1 aromatic carbocycles. The Morgan fingerprint density at radius 3 is 2.45 bits per heavy atom. The topological polar surface area (TPSA) is 75.3 Å². The second kappa shape index (κ2) is 8.17. The number of nitrogens with one attached hydrogen (secondary N) is 2. The molecule has 1 atom stereocenters. The molecular formula is C16H26N2O3S. The molecule has 22 heavy (non-hydrogen) atoms. The zero-order valence-corrected chi connectivity index (χ0v) is 14.5. The number of hydrogen-bond donors (Lipinski definition) is 2. The third-order valence-electron chi connectivity index (χ3n) is 3.22. The third kappa shape index (κ3) is 7.45. The van der Waals surface area contributed by atoms with Crippen molar-refractivity contribution in [2.45, 2.75) is 46.1 Å². The Labute approximate surface area is 133 Å². The molecule has 124 valence electrons. The van der Waals surface area contributed by atoms with E-state index in [0.717, 1.165) is 25.5 Å². The fraction of sp³-hybridized carbons (Fsp3) is 0.562. The largest absolute Gasteiger partial charge is 0.350 e. The van der Waals surface area contributed by atoms with Crippen molar-refractivity contribution in [3.8, 4) is 0 Å². The van der Waals surface area contributed by atoms with Gasteiger partial charge >= 0.3 is 0 Å². The second-order valence-electron chi connectivity index (χ2n) is 6.15. The van der Waals surface area contributed by atoms with Gasteiger partial charge in [0.25, 0.3) is 5.91 Å². The van der Waals surface area contributed by atoms with E-state index in [1.807, 2.05) is 6.92 Å². The summed E-state index contributed by atoms with van der Waals surface area (Å²) in [7, 11) is -3.34. The van der Waals surface area contributed by atoms with Crippen LogP contribution in [0.4, 0.5) is 5.69 Å². The molecule has 0 bridgehead atoms. The van der Waals surface area contributed by atoms with Gasteiger partial charge in [-0.1, -0.05) is 32.8 Å². The Bertz CT molecular complexity index is 597. The number of amides is 1. The first-order chi connectivity index (χ1) is 10.2. The molecule has 0 radical (unpaired) electrons. The highest BCUT2D eigenvalue weighted by Gasteiger charge is 2.11. The molecule has 0 unspecified atom stereocenters. The maximum atomic E-state index is 12.2. The predicted octanol–water partition coefficient (Wildman–Crippen LogP) is 3.00. The second-order valence-corrected chi connectivity index (χ2v) is 7.90. The molecule has 1 amide bonds. The van der Waals surface area contributed by atoms with Gasteiger partial charge in [-0.3, -0.25) is 9.52 Å². The Kier molecular flexibility index (Phi) is 6.87. The minimum absolute atomic E-state index is 0.0952. The van der Waals surface area contributed by atoms with Crippen LogP contribution in [0, 0.1) is 5.92 Å². The number of benzene rings is 1. The van der Waals surface area contributed by atoms with Crippen LogP contribution >= 0.6 is 0 Å². The molecule has 0 aliphatic heterocycles. The minimum Gasteiger partial charge on any atom is -0.350 e. The van der Waals surface area contributed by atoms with Gasteiger partial charge in [-0.15, -0.1) is 0 Å². The predicted molar refractivity (Wildman–Crippen MR) is 90.5 cm³/mol. The van der Waals surface area contributed by atoms with Gasteiger partial charge in [0.2, 0.25) is 10.0 Å². The summed E-state index contributed by atoms with van der Waals surface area (Å²) in [4.78, 5) is 12.2. The van der Waals surface area contributed by atoms with Crippen LogP contribution in [-0.4, -0.2) is 26.6 Å². The molecule has 1 rings (SSSR count). The van der Waals surface area contributed by atoms with E-state index in [2.05, 4.69) is 23.9 Å². The lowest BCUT2D eigenvalue weighted by molar-refractivity contribution is 0.0938. The average molecular weight is 326 g/mol. The highest BCUT2D eigenvalue weighted by Crippen LogP contribution is 2.13. The van der Waals surface area contributed by atoms with Crippen molar-refractivity contribution in [3.05, 3.63) is 29.8 Å². The minimum atomic E-state index is -3.34. The lowest BCUT2D eigenvalue weighted by atomic mass is 10.0. The highest BCUT2D eigenvalue weighted by atomic mass is 32.2. The lowest BCUT2D eigenvalue weighted by Gasteiger charge is -2.15. The van der Waals surface area contributed by atoms with E-state index in [-0.39, 0.29) is 11.9 Å². The van der Waals surface area contributed by atoms with Crippen LogP contribution in [0.15, 0.2) is 24.3 Å². The van der Waals surface area contributed by atoms with Gasteiger partial charge in [0.05, 0.1) is 6.26 Å². The number of anilines is 1. The maximum Gasteiger partial charge on any atom is 0.251 e. The molecule has 0 saturated carbocycles. The molecule has 0 saturated heterocycles. The average Bonchev–Trinajstić information content (AvgIpc) is 2.36. The lowest BCUT2D eigenvalue weighted by Crippen LogP contribution is -2.32. The summed E-state index contributed by atoms with van der Waals surface area (Å²) in [5.41, 5.74) is 0.840. The summed E-state index contributed by atoms with van der Waals surface area (Å²) >= 11 is 0. The van der Waals surface area contributed by atoms with E-state index in [4.69, 9.17) is 0 Å². The van der Waals surface area contributed by atoms with Crippen molar-refractivity contribution in [2.75, 3.05) is 11.0 Å². The van der Waals surface area contributed by atoms with E-state index in [9.17, 15) is 13.2 Å². The summed E-state index contributed by atoms with van der Waals surface area (Å²) in [6.45, 7) is 6.35. The molecular weight excluding hydrogens is 300 g/mol. The Morgan fingerprint density at radius 2 is 1.86 bits per heavy atom. The van der Waals surface area contributed by atoms with Crippen LogP contribution < -0.4 is 10.0 Å². The summed E-state index contributed by atoms with van der Waals surface area (Å²) in [5, 5.41) is 2.94. The first-order valence-corrected chi connectivity index (χ1v) is 9.45. The van der Waals surface area contributed by atoms with Gasteiger partial charge in [0, 0.05) is 17.3 Å². The fourth-order valence-corrected chi connectivity index (χ4v) is 2.70. The van der Waals surface area contributed by atoms with Crippen molar-refractivity contribution < 1.29 is 13.2 Å². The number of rotatable bonds is 8. The number of carbonyl (C=O) groups excluding carboxylic acids is 1. The van der Waals surface area contributed by atoms with Gasteiger partial charge in [-0.25, -0.2) is 8.42 Å². The van der Waals surface area contributed by atoms with E-state index in [0.29, 0.717) is 17.2 Å². The van der Waals surface area contributed by atoms with Crippen molar-refractivity contribution >= 4 is 21.6 Å². The van der Waals surface area contributed by atoms with Gasteiger partial charge in [-0.05, 0) is 37.5 Å². The molecule has 0 heterocycles. The molecule has 1 aromatic rings. The van der Waals surface area contributed by atoms with Crippen molar-refractivity contribution in [1.29, 1.82) is 0 Å². The summed E-state index contributed by atoms with van der Waals surface area (Å²) in [6.07, 6.45) is 4.24. The first-order valence-electron chi connectivity index (χ1n) is 7.56. The van der Waals surface area contributed by atoms with E-state index in [1.54, 1.807) is 18.2 Å². The van der Waals surface area contributed by atoms with Crippen LogP contribution in [0.2, 0.25) is 0 Å². The Balaban J connectivity index is 2.60. The third-order valence-corrected chi connectivity index (χ3v) is 3.83. The molecule has 0 fully saturated rings. The molecule has 6 heteroatoms. The maximum absolute atomic E-state index is 12.2. The first kappa shape index (κ1) is 18.5. The van der Waals surface area contributed by atoms with E-state index in [1.165, 1.54) is 6.07 Å². The van der Waals surface area contributed by atoms with Crippen LogP contribution in [0.3, 0.4) is 0 Å². The zero-order valence-electron chi connectivity index (χ0n) is 13.7. The van der Waals surface area contributed by atoms with Gasteiger partial charge in [0.15, 0.2) is 0 Å². The monoisotopic (exact) mass is 326 g/mol. The van der Waals surface area contributed by atoms with E-state index < -0.39 is 10.0 Å². The summed E-state index contributed by atoms with van der Waals surface area (Å²) in [6, 6.07) is 6.58. The van der Waals surface area contributed by atoms with Crippen LogP contribution in [0.25, 0.3) is 0 Å². The van der Waals surface area contributed by atoms with Crippen molar-refractivity contribution in [2.24, 2.45) is 5.92 Å². The molecule has 2 N–H and O–H groups in total. The molecule has 0 aliphatic carbocycles.